The van der Waals surface area contributed by atoms with Crippen LogP contribution < -0.4 is 10.6 Å². The Morgan fingerprint density at radius 2 is 1.76 bits per heavy atom. The van der Waals surface area contributed by atoms with Gasteiger partial charge in [0, 0.05) is 23.8 Å². The molecule has 1 aliphatic rings. The number of aryl methyl sites for hydroxylation is 1. The summed E-state index contributed by atoms with van der Waals surface area (Å²) >= 11 is 1.13. The molecule has 4 rings (SSSR count). The monoisotopic (exact) mass is 497 g/mol. The Kier molecular flexibility index (Phi) is 6.88. The maximum absolute atomic E-state index is 13.5. The molecule has 2 aromatic carbocycles. The van der Waals surface area contributed by atoms with Gasteiger partial charge < -0.3 is 10.6 Å². The average Bonchev–Trinajstić information content (AvgIpc) is 3.36. The molecule has 7 nitrogen and oxygen atoms in total. The van der Waals surface area contributed by atoms with Crippen LogP contribution in [0, 0.1) is 12.8 Å². The largest absolute Gasteiger partial charge is 0.326 e. The van der Waals surface area contributed by atoms with Gasteiger partial charge in [-0.15, -0.1) is 11.3 Å². The van der Waals surface area contributed by atoms with Crippen molar-refractivity contribution in [3.05, 3.63) is 76.7 Å². The van der Waals surface area contributed by atoms with Crippen molar-refractivity contribution in [1.82, 2.24) is 4.31 Å². The predicted molar refractivity (Wildman–Crippen MR) is 134 cm³/mol. The lowest BCUT2D eigenvalue weighted by atomic mass is 9.95. The lowest BCUT2D eigenvalue weighted by molar-refractivity contribution is -0.120. The lowest BCUT2D eigenvalue weighted by Crippen LogP contribution is -2.50. The molecule has 1 aromatic heterocycles. The summed E-state index contributed by atoms with van der Waals surface area (Å²) in [5, 5.41) is 7.45. The molecule has 2 heterocycles. The minimum atomic E-state index is -3.86. The molecule has 3 aromatic rings. The van der Waals surface area contributed by atoms with Crippen molar-refractivity contribution < 1.29 is 18.0 Å². The minimum Gasteiger partial charge on any atom is -0.326 e. The second-order valence-electron chi connectivity index (χ2n) is 8.63. The highest BCUT2D eigenvalue weighted by molar-refractivity contribution is 7.91. The Morgan fingerprint density at radius 1 is 1.03 bits per heavy atom. The summed E-state index contributed by atoms with van der Waals surface area (Å²) in [6.07, 6.45) is 0.273. The van der Waals surface area contributed by atoms with Crippen LogP contribution in [0.15, 0.2) is 64.2 Å². The highest BCUT2D eigenvalue weighted by Crippen LogP contribution is 2.32. The fourth-order valence-electron chi connectivity index (χ4n) is 3.84. The minimum absolute atomic E-state index is 0.123. The van der Waals surface area contributed by atoms with Crippen molar-refractivity contribution in [2.45, 2.75) is 44.0 Å². The number of rotatable bonds is 6. The third kappa shape index (κ3) is 4.91. The summed E-state index contributed by atoms with van der Waals surface area (Å²) in [7, 11) is -3.86. The zero-order chi connectivity index (χ0) is 24.5. The highest BCUT2D eigenvalue weighted by atomic mass is 32.2. The van der Waals surface area contributed by atoms with Gasteiger partial charge in [-0.1, -0.05) is 50.2 Å². The van der Waals surface area contributed by atoms with E-state index in [1.165, 1.54) is 4.31 Å². The van der Waals surface area contributed by atoms with E-state index in [4.69, 9.17) is 0 Å². The number of carbonyl (C=O) groups excluding carboxylic acids is 2. The summed E-state index contributed by atoms with van der Waals surface area (Å²) in [6, 6.07) is 15.2. The van der Waals surface area contributed by atoms with Crippen molar-refractivity contribution in [1.29, 1.82) is 0 Å². The number of hydrogen-bond acceptors (Lipinski definition) is 5. The summed E-state index contributed by atoms with van der Waals surface area (Å²) in [4.78, 5) is 25.6. The normalized spacial score (nSPS) is 16.2. The molecule has 2 N–H and O–H groups in total. The number of carbonyl (C=O) groups is 2. The molecular weight excluding hydrogens is 470 g/mol. The van der Waals surface area contributed by atoms with Gasteiger partial charge in [-0.3, -0.25) is 9.59 Å². The van der Waals surface area contributed by atoms with Gasteiger partial charge in [-0.05, 0) is 53.6 Å². The number of nitrogens with one attached hydrogen (secondary N) is 2. The molecule has 1 aliphatic heterocycles. The van der Waals surface area contributed by atoms with Crippen molar-refractivity contribution in [2.75, 3.05) is 10.6 Å². The van der Waals surface area contributed by atoms with Crippen LogP contribution >= 0.6 is 11.3 Å². The number of anilines is 2. The topological polar surface area (TPSA) is 95.6 Å². The second kappa shape index (κ2) is 9.69. The zero-order valence-corrected chi connectivity index (χ0v) is 20.9. The molecule has 0 saturated heterocycles. The van der Waals surface area contributed by atoms with E-state index in [9.17, 15) is 18.0 Å². The molecule has 0 radical (unpaired) electrons. The third-order valence-electron chi connectivity index (χ3n) is 5.85. The molecule has 2 amide bonds. The van der Waals surface area contributed by atoms with Gasteiger partial charge >= 0.3 is 0 Å². The maximum Gasteiger partial charge on any atom is 0.253 e. The van der Waals surface area contributed by atoms with E-state index >= 15 is 0 Å². The van der Waals surface area contributed by atoms with E-state index in [1.807, 2.05) is 37.3 Å². The Hall–Kier alpha value is -3.01. The molecule has 0 fully saturated rings. The molecule has 34 heavy (non-hydrogen) atoms. The second-order valence-corrected chi connectivity index (χ2v) is 11.7. The first kappa shape index (κ1) is 24.1. The standard InChI is InChI=1S/C25H27N3O4S2/c1-16(2)24(29)26-20-11-10-17(3)21(14-20)27-25(30)22-13-18-7-4-5-8-19(18)15-28(22)34(31,32)23-9-6-12-33-23/h4-12,14,16,22H,13,15H2,1-3H3,(H,26,29)(H,27,30)/t22-/m0/s1. The van der Waals surface area contributed by atoms with Crippen LogP contribution in [0.1, 0.15) is 30.5 Å². The van der Waals surface area contributed by atoms with Gasteiger partial charge in [0.1, 0.15) is 10.3 Å². The molecular formula is C25H27N3O4S2. The number of sulfonamides is 1. The van der Waals surface area contributed by atoms with Crippen LogP contribution in [0.5, 0.6) is 0 Å². The summed E-state index contributed by atoms with van der Waals surface area (Å²) < 4.78 is 28.4. The first-order valence-electron chi connectivity index (χ1n) is 11.0. The summed E-state index contributed by atoms with van der Waals surface area (Å²) in [6.45, 7) is 5.57. The Labute approximate surface area is 203 Å². The van der Waals surface area contributed by atoms with Gasteiger partial charge in [-0.25, -0.2) is 8.42 Å². The predicted octanol–water partition coefficient (Wildman–Crippen LogP) is 4.41. The van der Waals surface area contributed by atoms with E-state index < -0.39 is 22.0 Å². The Morgan fingerprint density at radius 3 is 2.44 bits per heavy atom. The highest BCUT2D eigenvalue weighted by Gasteiger charge is 2.40. The number of fused-ring (bicyclic) bond motifs is 1. The van der Waals surface area contributed by atoms with Gasteiger partial charge in [0.15, 0.2) is 0 Å². The summed E-state index contributed by atoms with van der Waals surface area (Å²) in [5.41, 5.74) is 3.74. The molecule has 1 atom stereocenters. The van der Waals surface area contributed by atoms with Crippen LogP contribution in [0.4, 0.5) is 11.4 Å². The van der Waals surface area contributed by atoms with E-state index in [0.29, 0.717) is 11.4 Å². The first-order valence-corrected chi connectivity index (χ1v) is 13.3. The van der Waals surface area contributed by atoms with E-state index in [1.54, 1.807) is 43.5 Å². The maximum atomic E-state index is 13.5. The molecule has 0 aliphatic carbocycles. The average molecular weight is 498 g/mol. The van der Waals surface area contributed by atoms with Crippen molar-refractivity contribution in [2.24, 2.45) is 5.92 Å². The zero-order valence-electron chi connectivity index (χ0n) is 19.2. The van der Waals surface area contributed by atoms with Crippen molar-refractivity contribution >= 4 is 44.5 Å². The number of thiophene rings is 1. The van der Waals surface area contributed by atoms with Crippen LogP contribution in [-0.4, -0.2) is 30.6 Å². The summed E-state index contributed by atoms with van der Waals surface area (Å²) in [5.74, 6) is -0.721. The first-order chi connectivity index (χ1) is 16.2. The molecule has 0 bridgehead atoms. The number of benzene rings is 2. The van der Waals surface area contributed by atoms with Gasteiger partial charge in [0.05, 0.1) is 0 Å². The van der Waals surface area contributed by atoms with Gasteiger partial charge in [0.25, 0.3) is 10.0 Å². The van der Waals surface area contributed by atoms with Crippen LogP contribution in [0.3, 0.4) is 0 Å². The fourth-order valence-corrected chi connectivity index (χ4v) is 6.52. The SMILES string of the molecule is Cc1ccc(NC(=O)C(C)C)cc1NC(=O)[C@@H]1Cc2ccccc2CN1S(=O)(=O)c1cccs1. The molecule has 0 spiro atoms. The Bertz CT molecular complexity index is 1320. The van der Waals surface area contributed by atoms with Crippen LogP contribution in [0.25, 0.3) is 0 Å². The number of hydrogen-bond donors (Lipinski definition) is 2. The number of nitrogens with zero attached hydrogens (tertiary/aromatic N) is 1. The van der Waals surface area contributed by atoms with E-state index in [0.717, 1.165) is 28.0 Å². The fraction of sp³-hybridized carbons (Fsp3) is 0.280. The number of amides is 2. The molecule has 178 valence electrons. The molecule has 0 saturated carbocycles. The molecule has 0 unspecified atom stereocenters. The van der Waals surface area contributed by atoms with Crippen LogP contribution in [0.2, 0.25) is 0 Å². The third-order valence-corrected chi connectivity index (χ3v) is 9.08. The van der Waals surface area contributed by atoms with Crippen molar-refractivity contribution in [3.8, 4) is 0 Å². The van der Waals surface area contributed by atoms with Gasteiger partial charge in [-0.2, -0.15) is 4.31 Å². The Balaban J connectivity index is 1.65. The lowest BCUT2D eigenvalue weighted by Gasteiger charge is -2.34. The smallest absolute Gasteiger partial charge is 0.253 e. The van der Waals surface area contributed by atoms with E-state index in [2.05, 4.69) is 10.6 Å². The van der Waals surface area contributed by atoms with Crippen LogP contribution in [-0.2, 0) is 32.6 Å². The van der Waals surface area contributed by atoms with E-state index in [-0.39, 0.29) is 29.0 Å². The van der Waals surface area contributed by atoms with Gasteiger partial charge in [0.2, 0.25) is 11.8 Å². The van der Waals surface area contributed by atoms with Crippen molar-refractivity contribution in [3.63, 3.8) is 0 Å². The molecule has 9 heteroatoms. The quantitative estimate of drug-likeness (QED) is 0.528.